The lowest BCUT2D eigenvalue weighted by atomic mass is 10.0. The Hall–Kier alpha value is -4.35. The number of nitrogens with zero attached hydrogens (tertiary/aromatic N) is 2. The Bertz CT molecular complexity index is 1560. The number of hydrogen-bond acceptors (Lipinski definition) is 7. The highest BCUT2D eigenvalue weighted by molar-refractivity contribution is 7.87. The molecule has 0 aliphatic heterocycles. The normalized spacial score (nSPS) is 11.8. The van der Waals surface area contributed by atoms with Crippen LogP contribution >= 0.6 is 0 Å². The fourth-order valence-electron chi connectivity index (χ4n) is 3.59. The van der Waals surface area contributed by atoms with Crippen LogP contribution in [0, 0.1) is 18.3 Å². The number of aromatic nitrogens is 1. The van der Waals surface area contributed by atoms with Crippen LogP contribution in [0.4, 0.5) is 0 Å². The van der Waals surface area contributed by atoms with Gasteiger partial charge in [0.1, 0.15) is 22.1 Å². The fraction of sp³-hybridized carbons (Fsp3) is 0.143. The molecule has 0 atom stereocenters. The minimum atomic E-state index is -4.12. The molecule has 0 N–H and O–H groups in total. The van der Waals surface area contributed by atoms with Crippen molar-refractivity contribution in [3.63, 3.8) is 0 Å². The molecule has 0 spiro atoms. The van der Waals surface area contributed by atoms with Gasteiger partial charge < -0.3 is 13.3 Å². The number of hydrogen-bond donors (Lipinski definition) is 0. The molecule has 3 aromatic carbocycles. The summed E-state index contributed by atoms with van der Waals surface area (Å²) in [7, 11) is -4.12. The minimum absolute atomic E-state index is 0.0341. The van der Waals surface area contributed by atoms with Crippen molar-refractivity contribution < 1.29 is 21.8 Å². The minimum Gasteiger partial charge on any atom is -0.490 e. The van der Waals surface area contributed by atoms with E-state index in [0.717, 1.165) is 5.56 Å². The van der Waals surface area contributed by atoms with Crippen molar-refractivity contribution in [2.45, 2.75) is 25.2 Å². The Morgan fingerprint density at radius 1 is 1.17 bits per heavy atom. The first kappa shape index (κ1) is 24.8. The van der Waals surface area contributed by atoms with Gasteiger partial charge in [-0.2, -0.15) is 13.7 Å². The molecule has 0 fully saturated rings. The first-order valence-corrected chi connectivity index (χ1v) is 12.6. The van der Waals surface area contributed by atoms with Gasteiger partial charge in [0.2, 0.25) is 5.89 Å². The number of aryl methyl sites for hydroxylation is 1. The van der Waals surface area contributed by atoms with Crippen molar-refractivity contribution in [1.29, 1.82) is 5.26 Å². The van der Waals surface area contributed by atoms with Gasteiger partial charge in [0, 0.05) is 5.56 Å². The van der Waals surface area contributed by atoms with Crippen molar-refractivity contribution in [3.8, 4) is 17.6 Å². The van der Waals surface area contributed by atoms with Gasteiger partial charge in [-0.25, -0.2) is 4.98 Å². The van der Waals surface area contributed by atoms with E-state index in [4.69, 9.17) is 13.3 Å². The van der Waals surface area contributed by atoms with Gasteiger partial charge in [0.25, 0.3) is 0 Å². The molecule has 7 nitrogen and oxygen atoms in total. The summed E-state index contributed by atoms with van der Waals surface area (Å²) in [5.74, 6) is 0.493. The van der Waals surface area contributed by atoms with Gasteiger partial charge in [0.05, 0.1) is 6.61 Å². The zero-order valence-corrected chi connectivity index (χ0v) is 20.7. The summed E-state index contributed by atoms with van der Waals surface area (Å²) < 4.78 is 43.1. The maximum absolute atomic E-state index is 13.0. The Kier molecular flexibility index (Phi) is 7.23. The number of oxazole rings is 1. The van der Waals surface area contributed by atoms with Gasteiger partial charge in [-0.1, -0.05) is 35.9 Å². The predicted molar refractivity (Wildman–Crippen MR) is 138 cm³/mol. The molecule has 0 saturated carbocycles. The SMILES string of the molecule is C=CCc1cc(/C=C(\C#N)c2nc3ccccc3o2)cc(OCC)c1OS(=O)(=O)c1ccc(C)cc1. The van der Waals surface area contributed by atoms with Crippen LogP contribution in [0.25, 0.3) is 22.7 Å². The lowest BCUT2D eigenvalue weighted by Gasteiger charge is -2.16. The van der Waals surface area contributed by atoms with Crippen LogP contribution in [0.3, 0.4) is 0 Å². The largest absolute Gasteiger partial charge is 0.490 e. The molecule has 4 rings (SSSR count). The van der Waals surface area contributed by atoms with Gasteiger partial charge >= 0.3 is 10.1 Å². The molecule has 0 aliphatic carbocycles. The smallest absolute Gasteiger partial charge is 0.339 e. The third kappa shape index (κ3) is 5.32. The van der Waals surface area contributed by atoms with E-state index < -0.39 is 10.1 Å². The second-order valence-electron chi connectivity index (χ2n) is 7.94. The second kappa shape index (κ2) is 10.5. The number of allylic oxidation sites excluding steroid dienone is 2. The van der Waals surface area contributed by atoms with E-state index in [0.29, 0.717) is 28.6 Å². The lowest BCUT2D eigenvalue weighted by Crippen LogP contribution is -2.12. The van der Waals surface area contributed by atoms with Crippen LogP contribution in [0.2, 0.25) is 0 Å². The van der Waals surface area contributed by atoms with Crippen LogP contribution in [-0.4, -0.2) is 20.0 Å². The van der Waals surface area contributed by atoms with E-state index in [1.165, 1.54) is 12.1 Å². The topological polar surface area (TPSA) is 102 Å². The van der Waals surface area contributed by atoms with Crippen molar-refractivity contribution in [3.05, 3.63) is 95.9 Å². The fourth-order valence-corrected chi connectivity index (χ4v) is 4.56. The average molecular weight is 501 g/mol. The maximum Gasteiger partial charge on any atom is 0.339 e. The highest BCUT2D eigenvalue weighted by atomic mass is 32.2. The van der Waals surface area contributed by atoms with Crippen LogP contribution in [0.1, 0.15) is 29.5 Å². The van der Waals surface area contributed by atoms with Crippen molar-refractivity contribution in [2.75, 3.05) is 6.61 Å². The van der Waals surface area contributed by atoms with E-state index in [9.17, 15) is 13.7 Å². The molecule has 0 amide bonds. The van der Waals surface area contributed by atoms with Crippen LogP contribution < -0.4 is 8.92 Å². The molecular formula is C28H24N2O5S. The Balaban J connectivity index is 1.79. The summed E-state index contributed by atoms with van der Waals surface area (Å²) in [6, 6.07) is 19.1. The summed E-state index contributed by atoms with van der Waals surface area (Å²) in [5, 5.41) is 9.79. The highest BCUT2D eigenvalue weighted by Crippen LogP contribution is 2.37. The molecule has 4 aromatic rings. The zero-order chi connectivity index (χ0) is 25.7. The monoisotopic (exact) mass is 500 g/mol. The van der Waals surface area contributed by atoms with Crippen molar-refractivity contribution in [1.82, 2.24) is 4.98 Å². The molecule has 0 aliphatic rings. The first-order valence-electron chi connectivity index (χ1n) is 11.2. The number of fused-ring (bicyclic) bond motifs is 1. The summed E-state index contributed by atoms with van der Waals surface area (Å²) in [6.07, 6.45) is 3.55. The molecule has 0 bridgehead atoms. The summed E-state index contributed by atoms with van der Waals surface area (Å²) in [5.41, 5.74) is 3.47. The number of nitriles is 1. The summed E-state index contributed by atoms with van der Waals surface area (Å²) >= 11 is 0. The van der Waals surface area contributed by atoms with Crippen molar-refractivity contribution in [2.24, 2.45) is 0 Å². The molecule has 0 radical (unpaired) electrons. The van der Waals surface area contributed by atoms with Gasteiger partial charge in [-0.3, -0.25) is 0 Å². The van der Waals surface area contributed by atoms with Crippen LogP contribution in [0.5, 0.6) is 11.5 Å². The molecule has 1 aromatic heterocycles. The van der Waals surface area contributed by atoms with E-state index in [1.807, 2.05) is 19.1 Å². The number of para-hydroxylation sites is 2. The first-order chi connectivity index (χ1) is 17.3. The zero-order valence-electron chi connectivity index (χ0n) is 19.9. The average Bonchev–Trinajstić information content (AvgIpc) is 3.29. The summed E-state index contributed by atoms with van der Waals surface area (Å²) in [6.45, 7) is 7.71. The highest BCUT2D eigenvalue weighted by Gasteiger charge is 2.23. The van der Waals surface area contributed by atoms with Gasteiger partial charge in [-0.05, 0) is 68.3 Å². The molecule has 36 heavy (non-hydrogen) atoms. The number of ether oxygens (including phenoxy) is 1. The Morgan fingerprint density at radius 3 is 2.58 bits per heavy atom. The van der Waals surface area contributed by atoms with E-state index >= 15 is 0 Å². The third-order valence-electron chi connectivity index (χ3n) is 5.28. The number of benzene rings is 3. The quantitative estimate of drug-likeness (QED) is 0.155. The predicted octanol–water partition coefficient (Wildman–Crippen LogP) is 6.10. The summed E-state index contributed by atoms with van der Waals surface area (Å²) in [4.78, 5) is 4.43. The van der Waals surface area contributed by atoms with Gasteiger partial charge in [0.15, 0.2) is 17.1 Å². The van der Waals surface area contributed by atoms with E-state index in [-0.39, 0.29) is 34.5 Å². The Morgan fingerprint density at radius 2 is 1.92 bits per heavy atom. The number of rotatable bonds is 9. The molecule has 1 heterocycles. The molecule has 0 unspecified atom stereocenters. The van der Waals surface area contributed by atoms with Crippen LogP contribution in [0.15, 0.2) is 82.6 Å². The van der Waals surface area contributed by atoms with Gasteiger partial charge in [-0.15, -0.1) is 6.58 Å². The third-order valence-corrected chi connectivity index (χ3v) is 6.51. The van der Waals surface area contributed by atoms with Crippen LogP contribution in [-0.2, 0) is 16.5 Å². The lowest BCUT2D eigenvalue weighted by molar-refractivity contribution is 0.326. The standard InChI is InChI=1S/C28H24N2O5S/c1-4-8-21-15-20(16-22(18-29)28-30-24-9-6-7-10-25(24)34-28)17-26(33-5-2)27(21)35-36(31,32)23-13-11-19(3)12-14-23/h4,6-7,9-17H,1,5,8H2,2-3H3/b22-16+. The molecule has 182 valence electrons. The molecule has 0 saturated heterocycles. The van der Waals surface area contributed by atoms with E-state index in [2.05, 4.69) is 17.6 Å². The van der Waals surface area contributed by atoms with E-state index in [1.54, 1.807) is 55.5 Å². The van der Waals surface area contributed by atoms with Crippen molar-refractivity contribution >= 4 is 32.9 Å². The molecule has 8 heteroatoms. The molecular weight excluding hydrogens is 476 g/mol. The second-order valence-corrected chi connectivity index (χ2v) is 9.49. The Labute approximate surface area is 210 Å². The maximum atomic E-state index is 13.0.